The molecule has 2 aromatic rings. The van der Waals surface area contributed by atoms with Gasteiger partial charge in [-0.1, -0.05) is 6.08 Å². The van der Waals surface area contributed by atoms with E-state index in [1.165, 1.54) is 16.0 Å². The summed E-state index contributed by atoms with van der Waals surface area (Å²) in [6.07, 6.45) is 4.02. The first-order chi connectivity index (χ1) is 8.40. The molecule has 0 aliphatic carbocycles. The van der Waals surface area contributed by atoms with Crippen LogP contribution in [0.2, 0.25) is 0 Å². The number of aliphatic hydroxyl groups excluding tert-OH is 1. The molecular formula is C13H14O2S2. The zero-order valence-electron chi connectivity index (χ0n) is 9.33. The highest BCUT2D eigenvalue weighted by Gasteiger charge is 2.00. The smallest absolute Gasteiger partial charge is 0.0701 e. The third-order valence-electron chi connectivity index (χ3n) is 2.21. The molecule has 0 radical (unpaired) electrons. The summed E-state index contributed by atoms with van der Waals surface area (Å²) >= 11 is 3.44. The molecule has 0 aliphatic heterocycles. The predicted molar refractivity (Wildman–Crippen MR) is 74.6 cm³/mol. The van der Waals surface area contributed by atoms with Crippen molar-refractivity contribution in [2.24, 2.45) is 0 Å². The topological polar surface area (TPSA) is 29.5 Å². The summed E-state index contributed by atoms with van der Waals surface area (Å²) in [5.74, 6) is 0. The molecule has 90 valence electrons. The van der Waals surface area contributed by atoms with Gasteiger partial charge in [0.05, 0.1) is 19.8 Å². The average Bonchev–Trinajstić information content (AvgIpc) is 2.99. The second kappa shape index (κ2) is 6.71. The third-order valence-corrected chi connectivity index (χ3v) is 3.79. The van der Waals surface area contributed by atoms with Gasteiger partial charge in [0.25, 0.3) is 0 Å². The third kappa shape index (κ3) is 3.78. The van der Waals surface area contributed by atoms with E-state index in [4.69, 9.17) is 9.84 Å². The van der Waals surface area contributed by atoms with Crippen LogP contribution in [-0.4, -0.2) is 24.9 Å². The van der Waals surface area contributed by atoms with Crippen molar-refractivity contribution in [2.75, 3.05) is 19.8 Å². The molecule has 0 atom stereocenters. The van der Waals surface area contributed by atoms with Crippen molar-refractivity contribution in [3.63, 3.8) is 0 Å². The summed E-state index contributed by atoms with van der Waals surface area (Å²) in [5.41, 5.74) is 2.55. The van der Waals surface area contributed by atoms with E-state index in [0.29, 0.717) is 13.2 Å². The first kappa shape index (κ1) is 12.5. The van der Waals surface area contributed by atoms with Crippen LogP contribution in [0.15, 0.2) is 34.3 Å². The summed E-state index contributed by atoms with van der Waals surface area (Å²) in [5, 5.41) is 14.9. The predicted octanol–water partition coefficient (Wildman–Crippen LogP) is 3.50. The number of hydrogen-bond acceptors (Lipinski definition) is 4. The molecule has 2 rings (SSSR count). The van der Waals surface area contributed by atoms with Crippen molar-refractivity contribution >= 4 is 28.7 Å². The summed E-state index contributed by atoms with van der Waals surface area (Å²) in [6.45, 7) is 1.02. The molecule has 17 heavy (non-hydrogen) atoms. The molecule has 0 saturated carbocycles. The normalized spacial score (nSPS) is 11.4. The Kier molecular flexibility index (Phi) is 4.94. The Morgan fingerprint density at radius 1 is 1.29 bits per heavy atom. The van der Waals surface area contributed by atoms with Gasteiger partial charge in [-0.2, -0.15) is 11.3 Å². The summed E-state index contributed by atoms with van der Waals surface area (Å²) in [7, 11) is 0. The molecule has 2 aromatic heterocycles. The first-order valence-electron chi connectivity index (χ1n) is 5.36. The summed E-state index contributed by atoms with van der Waals surface area (Å²) in [4.78, 5) is 1.22. The molecule has 0 saturated heterocycles. The van der Waals surface area contributed by atoms with Crippen molar-refractivity contribution in [1.82, 2.24) is 0 Å². The Balaban J connectivity index is 1.90. The molecule has 4 heteroatoms. The van der Waals surface area contributed by atoms with Crippen LogP contribution < -0.4 is 0 Å². The molecule has 0 bridgehead atoms. The largest absolute Gasteiger partial charge is 0.394 e. The van der Waals surface area contributed by atoms with Crippen LogP contribution in [0.3, 0.4) is 0 Å². The lowest BCUT2D eigenvalue weighted by Crippen LogP contribution is -1.97. The first-order valence-corrected chi connectivity index (χ1v) is 7.18. The SMILES string of the molecule is OCCOCC=Cc1cc(-c2ccsc2)cs1. The fraction of sp³-hybridized carbons (Fsp3) is 0.231. The number of rotatable bonds is 6. The van der Waals surface area contributed by atoms with Crippen LogP contribution in [0, 0.1) is 0 Å². The maximum Gasteiger partial charge on any atom is 0.0701 e. The molecule has 0 aromatic carbocycles. The van der Waals surface area contributed by atoms with Gasteiger partial charge in [0.15, 0.2) is 0 Å². The van der Waals surface area contributed by atoms with Gasteiger partial charge in [-0.15, -0.1) is 11.3 Å². The quantitative estimate of drug-likeness (QED) is 0.811. The lowest BCUT2D eigenvalue weighted by Gasteiger charge is -1.94. The zero-order valence-corrected chi connectivity index (χ0v) is 11.0. The lowest BCUT2D eigenvalue weighted by molar-refractivity contribution is 0.112. The van der Waals surface area contributed by atoms with Gasteiger partial charge in [-0.3, -0.25) is 0 Å². The van der Waals surface area contributed by atoms with Crippen LogP contribution in [0.1, 0.15) is 4.88 Å². The number of aliphatic hydroxyl groups is 1. The van der Waals surface area contributed by atoms with Crippen LogP contribution >= 0.6 is 22.7 Å². The van der Waals surface area contributed by atoms with Gasteiger partial charge in [0.2, 0.25) is 0 Å². The highest BCUT2D eigenvalue weighted by molar-refractivity contribution is 7.11. The number of ether oxygens (including phenoxy) is 1. The Morgan fingerprint density at radius 2 is 2.24 bits per heavy atom. The molecule has 0 unspecified atom stereocenters. The summed E-state index contributed by atoms with van der Waals surface area (Å²) < 4.78 is 5.15. The van der Waals surface area contributed by atoms with Crippen LogP contribution in [0.25, 0.3) is 17.2 Å². The van der Waals surface area contributed by atoms with Crippen molar-refractivity contribution < 1.29 is 9.84 Å². The van der Waals surface area contributed by atoms with Gasteiger partial charge in [-0.05, 0) is 45.5 Å². The molecule has 0 aliphatic rings. The van der Waals surface area contributed by atoms with E-state index in [-0.39, 0.29) is 6.61 Å². The van der Waals surface area contributed by atoms with Crippen LogP contribution in [0.4, 0.5) is 0 Å². The Morgan fingerprint density at radius 3 is 3.00 bits per heavy atom. The minimum Gasteiger partial charge on any atom is -0.394 e. The average molecular weight is 266 g/mol. The maximum atomic E-state index is 8.55. The Labute approximate surface area is 109 Å². The van der Waals surface area contributed by atoms with E-state index >= 15 is 0 Å². The molecule has 0 spiro atoms. The monoisotopic (exact) mass is 266 g/mol. The van der Waals surface area contributed by atoms with Crippen molar-refractivity contribution in [3.05, 3.63) is 39.2 Å². The van der Waals surface area contributed by atoms with E-state index in [1.807, 2.05) is 6.08 Å². The zero-order chi connectivity index (χ0) is 11.9. The fourth-order valence-corrected chi connectivity index (χ4v) is 2.90. The molecule has 2 nitrogen and oxygen atoms in total. The van der Waals surface area contributed by atoms with Gasteiger partial charge in [0, 0.05) is 4.88 Å². The van der Waals surface area contributed by atoms with Crippen molar-refractivity contribution in [2.45, 2.75) is 0 Å². The molecule has 0 amide bonds. The van der Waals surface area contributed by atoms with E-state index in [0.717, 1.165) is 0 Å². The van der Waals surface area contributed by atoms with E-state index < -0.39 is 0 Å². The van der Waals surface area contributed by atoms with Crippen molar-refractivity contribution in [3.8, 4) is 11.1 Å². The molecule has 0 fully saturated rings. The van der Waals surface area contributed by atoms with E-state index in [9.17, 15) is 0 Å². The fourth-order valence-electron chi connectivity index (χ4n) is 1.40. The Bertz CT molecular complexity index is 457. The van der Waals surface area contributed by atoms with E-state index in [1.54, 1.807) is 22.7 Å². The molecular weight excluding hydrogens is 252 g/mol. The molecule has 1 N–H and O–H groups in total. The van der Waals surface area contributed by atoms with Crippen LogP contribution in [-0.2, 0) is 4.74 Å². The minimum atomic E-state index is 0.0785. The van der Waals surface area contributed by atoms with E-state index in [2.05, 4.69) is 34.3 Å². The van der Waals surface area contributed by atoms with Gasteiger partial charge < -0.3 is 9.84 Å². The number of hydrogen-bond donors (Lipinski definition) is 1. The number of thiophene rings is 2. The summed E-state index contributed by atoms with van der Waals surface area (Å²) in [6, 6.07) is 4.31. The van der Waals surface area contributed by atoms with Gasteiger partial charge >= 0.3 is 0 Å². The van der Waals surface area contributed by atoms with Crippen LogP contribution in [0.5, 0.6) is 0 Å². The Hall–Kier alpha value is -0.940. The maximum absolute atomic E-state index is 8.55. The second-order valence-corrected chi connectivity index (χ2v) is 5.17. The van der Waals surface area contributed by atoms with Crippen molar-refractivity contribution in [1.29, 1.82) is 0 Å². The lowest BCUT2D eigenvalue weighted by atomic mass is 10.2. The second-order valence-electron chi connectivity index (χ2n) is 3.45. The highest BCUT2D eigenvalue weighted by atomic mass is 32.1. The minimum absolute atomic E-state index is 0.0785. The van der Waals surface area contributed by atoms with Gasteiger partial charge in [-0.25, -0.2) is 0 Å². The molecule has 2 heterocycles. The standard InChI is InChI=1S/C13H14O2S2/c14-4-6-15-5-1-2-13-8-12(10-17-13)11-3-7-16-9-11/h1-3,7-10,14H,4-6H2. The van der Waals surface area contributed by atoms with Gasteiger partial charge in [0.1, 0.15) is 0 Å². The highest BCUT2D eigenvalue weighted by Crippen LogP contribution is 2.27.